The van der Waals surface area contributed by atoms with Gasteiger partial charge in [-0.2, -0.15) is 0 Å². The zero-order valence-corrected chi connectivity index (χ0v) is 48.6. The topological polar surface area (TPSA) is 26.0 Å². The average molecular weight is 819 g/mol. The van der Waals surface area contributed by atoms with Crippen molar-refractivity contribution in [1.82, 2.24) is 0 Å². The molecule has 0 unspecified atom stereocenters. The van der Waals surface area contributed by atoms with Crippen molar-refractivity contribution in [1.29, 1.82) is 0 Å². The summed E-state index contributed by atoms with van der Waals surface area (Å²) in [4.78, 5) is 0. The van der Waals surface area contributed by atoms with Gasteiger partial charge in [-0.05, 0) is 204 Å². The van der Waals surface area contributed by atoms with Crippen LogP contribution in [-0.4, -0.2) is 7.05 Å². The van der Waals surface area contributed by atoms with Gasteiger partial charge in [-0.3, -0.25) is 0 Å². The highest BCUT2D eigenvalue weighted by Gasteiger charge is 2.24. The summed E-state index contributed by atoms with van der Waals surface area (Å²) in [6.45, 7) is 80.2. The van der Waals surface area contributed by atoms with E-state index in [1.54, 1.807) is 0 Å². The Morgan fingerprint density at radius 3 is 0.276 bits per heavy atom. The second kappa shape index (κ2) is 58.9. The minimum Gasteiger partial charge on any atom is -0.333 e. The summed E-state index contributed by atoms with van der Waals surface area (Å²) in [5, 5.41) is 0. The third-order valence-corrected chi connectivity index (χ3v) is 9.12. The van der Waals surface area contributed by atoms with E-state index in [-0.39, 0.29) is 0 Å². The third-order valence-electron chi connectivity index (χ3n) is 9.12. The maximum atomic E-state index is 4.50. The van der Waals surface area contributed by atoms with Gasteiger partial charge < -0.3 is 5.73 Å². The van der Waals surface area contributed by atoms with Gasteiger partial charge in [-0.1, -0.05) is 166 Å². The normalized spacial score (nSPS) is 7.66. The average Bonchev–Trinajstić information content (AvgIpc) is 3.33. The number of nitrogens with two attached hydrogens (primary N) is 1. The lowest BCUT2D eigenvalue weighted by atomic mass is 9.76. The first-order chi connectivity index (χ1) is 27.7. The molecule has 3 aromatic rings. The highest BCUT2D eigenvalue weighted by Crippen LogP contribution is 2.45. The number of hydrogen-bond donors (Lipinski definition) is 1. The molecule has 0 amide bonds. The van der Waals surface area contributed by atoms with Crippen LogP contribution in [-0.2, 0) is 0 Å². The lowest BCUT2D eigenvalue weighted by Gasteiger charge is -2.28. The van der Waals surface area contributed by atoms with E-state index in [9.17, 15) is 0 Å². The fraction of sp³-hybridized carbons (Fsp3) is 0.684. The molecule has 3 rings (SSSR count). The second-order valence-corrected chi connectivity index (χ2v) is 10.2. The molecule has 0 bridgehead atoms. The van der Waals surface area contributed by atoms with Crippen LogP contribution in [0.5, 0.6) is 0 Å². The fourth-order valence-corrected chi connectivity index (χ4v) is 5.81. The summed E-state index contributed by atoms with van der Waals surface area (Å²) < 4.78 is 0. The van der Waals surface area contributed by atoms with Crippen molar-refractivity contribution >= 4 is 0 Å². The summed E-state index contributed by atoms with van der Waals surface area (Å²) in [7, 11) is 1.50. The molecule has 0 fully saturated rings. The summed E-state index contributed by atoms with van der Waals surface area (Å²) in [5.41, 5.74) is 30.3. The highest BCUT2D eigenvalue weighted by molar-refractivity contribution is 5.88. The molecule has 0 heterocycles. The fourth-order valence-electron chi connectivity index (χ4n) is 5.81. The standard InChI is InChI=1S/C32H42.12C2H6.CH5N/c1-15-17(3)21(7)29(22(8)18(15)4)31-25(11)27(13)32(28(14)26(31)12)30-23(9)19(5)16(2)20(6)24(30)10;13*1-2/h1-14H3;12*1-2H3;2H2,1H3. The van der Waals surface area contributed by atoms with Gasteiger partial charge in [0.15, 0.2) is 0 Å². The third kappa shape index (κ3) is 24.6. The van der Waals surface area contributed by atoms with E-state index in [0.29, 0.717) is 0 Å². The van der Waals surface area contributed by atoms with Gasteiger partial charge in [-0.15, -0.1) is 0 Å². The van der Waals surface area contributed by atoms with Crippen LogP contribution >= 0.6 is 0 Å². The molecular formula is C57H119N. The van der Waals surface area contributed by atoms with Crippen molar-refractivity contribution in [3.8, 4) is 22.3 Å². The molecular weight excluding hydrogens is 699 g/mol. The van der Waals surface area contributed by atoms with Gasteiger partial charge in [0.05, 0.1) is 0 Å². The van der Waals surface area contributed by atoms with Crippen LogP contribution in [0.2, 0.25) is 0 Å². The molecule has 0 aliphatic carbocycles. The minimum absolute atomic E-state index is 1.42. The van der Waals surface area contributed by atoms with E-state index in [2.05, 4.69) is 103 Å². The lowest BCUT2D eigenvalue weighted by molar-refractivity contribution is 1.15. The Bertz CT molecular complexity index is 1100. The first-order valence-electron chi connectivity index (χ1n) is 24.6. The Balaban J connectivity index is -0.0000000804. The molecule has 2 N–H and O–H groups in total. The largest absolute Gasteiger partial charge is 0.333 e. The van der Waals surface area contributed by atoms with E-state index >= 15 is 0 Å². The molecule has 0 radical (unpaired) electrons. The molecule has 0 saturated heterocycles. The minimum atomic E-state index is 1.42. The Kier molecular flexibility index (Phi) is 84.7. The molecule has 0 spiro atoms. The van der Waals surface area contributed by atoms with Crippen molar-refractivity contribution < 1.29 is 0 Å². The highest BCUT2D eigenvalue weighted by atomic mass is 14.4. The van der Waals surface area contributed by atoms with Crippen molar-refractivity contribution in [2.24, 2.45) is 5.73 Å². The number of rotatable bonds is 2. The smallest absolute Gasteiger partial charge is 0.0114 e. The second-order valence-electron chi connectivity index (χ2n) is 10.2. The Hall–Kier alpha value is -2.38. The molecule has 0 aromatic heterocycles. The molecule has 3 aromatic carbocycles. The molecule has 1 heteroatoms. The van der Waals surface area contributed by atoms with Gasteiger partial charge in [0, 0.05) is 0 Å². The monoisotopic (exact) mass is 818 g/mol. The van der Waals surface area contributed by atoms with E-state index in [0.717, 1.165) is 0 Å². The van der Waals surface area contributed by atoms with Gasteiger partial charge in [-0.25, -0.2) is 0 Å². The summed E-state index contributed by atoms with van der Waals surface area (Å²) in [6.07, 6.45) is 0. The quantitative estimate of drug-likeness (QED) is 0.274. The van der Waals surface area contributed by atoms with E-state index in [1.807, 2.05) is 166 Å². The van der Waals surface area contributed by atoms with Crippen LogP contribution in [0.25, 0.3) is 22.3 Å². The molecule has 58 heavy (non-hydrogen) atoms. The summed E-state index contributed by atoms with van der Waals surface area (Å²) >= 11 is 0. The van der Waals surface area contributed by atoms with Crippen molar-refractivity contribution in [2.75, 3.05) is 7.05 Å². The predicted octanol–water partition coefficient (Wildman–Crippen LogP) is 21.2. The number of benzene rings is 3. The SMILES string of the molecule is CC.CC.CC.CC.CC.CC.CC.CC.CC.CC.CC.CC.CN.Cc1c(C)c(C)c(-c2c(C)c(C)c(-c3c(C)c(C)c(C)c(C)c3C)c(C)c2C)c(C)c1C. The molecule has 352 valence electrons. The van der Waals surface area contributed by atoms with Gasteiger partial charge in [0.1, 0.15) is 0 Å². The maximum absolute atomic E-state index is 4.50. The van der Waals surface area contributed by atoms with Crippen LogP contribution in [0.4, 0.5) is 0 Å². The molecule has 0 atom stereocenters. The van der Waals surface area contributed by atoms with Crippen LogP contribution in [0, 0.1) is 96.9 Å². The molecule has 0 aliphatic heterocycles. The van der Waals surface area contributed by atoms with E-state index in [4.69, 9.17) is 0 Å². The zero-order valence-electron chi connectivity index (χ0n) is 48.6. The van der Waals surface area contributed by atoms with Gasteiger partial charge in [0.25, 0.3) is 0 Å². The first kappa shape index (κ1) is 83.3. The molecule has 0 saturated carbocycles. The van der Waals surface area contributed by atoms with Gasteiger partial charge >= 0.3 is 0 Å². The Morgan fingerprint density at radius 2 is 0.190 bits per heavy atom. The zero-order chi connectivity index (χ0) is 50.4. The Labute approximate surface area is 374 Å². The summed E-state index contributed by atoms with van der Waals surface area (Å²) in [5.74, 6) is 0. The van der Waals surface area contributed by atoms with Crippen molar-refractivity contribution in [3.05, 3.63) is 77.9 Å². The first-order valence-corrected chi connectivity index (χ1v) is 24.6. The summed E-state index contributed by atoms with van der Waals surface area (Å²) in [6, 6.07) is 0. The van der Waals surface area contributed by atoms with Crippen LogP contribution < -0.4 is 5.73 Å². The van der Waals surface area contributed by atoms with Crippen LogP contribution in [0.3, 0.4) is 0 Å². The number of hydrogen-bond acceptors (Lipinski definition) is 1. The van der Waals surface area contributed by atoms with Crippen molar-refractivity contribution in [2.45, 2.75) is 263 Å². The van der Waals surface area contributed by atoms with Gasteiger partial charge in [0.2, 0.25) is 0 Å². The maximum Gasteiger partial charge on any atom is -0.0114 e. The predicted molar refractivity (Wildman–Crippen MR) is 290 cm³/mol. The van der Waals surface area contributed by atoms with Crippen molar-refractivity contribution in [3.63, 3.8) is 0 Å². The molecule has 0 aliphatic rings. The molecule has 1 nitrogen and oxygen atoms in total. The van der Waals surface area contributed by atoms with E-state index < -0.39 is 0 Å². The van der Waals surface area contributed by atoms with Crippen LogP contribution in [0.1, 0.15) is 244 Å². The van der Waals surface area contributed by atoms with E-state index in [1.165, 1.54) is 107 Å². The Morgan fingerprint density at radius 1 is 0.138 bits per heavy atom. The van der Waals surface area contributed by atoms with Crippen LogP contribution in [0.15, 0.2) is 0 Å². The lowest BCUT2D eigenvalue weighted by Crippen LogP contribution is -2.07.